The molecule has 0 aromatic carbocycles. The number of nitrogens with one attached hydrogen (secondary N) is 1. The van der Waals surface area contributed by atoms with Crippen LogP contribution < -0.4 is 35.0 Å². The summed E-state index contributed by atoms with van der Waals surface area (Å²) in [6.07, 6.45) is 3.04. The number of hydrogen-bond acceptors (Lipinski definition) is 8. The quantitative estimate of drug-likeness (QED) is 0.233. The molecule has 3 amide bonds. The summed E-state index contributed by atoms with van der Waals surface area (Å²) in [6.45, 7) is 0.289. The molecule has 130 valence electrons. The second-order valence-electron chi connectivity index (χ2n) is 4.98. The van der Waals surface area contributed by atoms with Crippen molar-refractivity contribution in [3.05, 3.63) is 24.0 Å². The van der Waals surface area contributed by atoms with E-state index in [1.807, 2.05) is 0 Å². The summed E-state index contributed by atoms with van der Waals surface area (Å²) in [7, 11) is -3.78. The van der Waals surface area contributed by atoms with Crippen LogP contribution in [0.2, 0.25) is 0 Å². The monoisotopic (exact) mass is 381 g/mol. The SMILES string of the molecule is CONC(=O)c1ccn(C2=CC3CN(C2)C(=O)N3OS(=O)(=O)[O-])n1.[Na+]. The maximum atomic E-state index is 12.0. The van der Waals surface area contributed by atoms with E-state index in [1.165, 1.54) is 35.0 Å². The number of nitrogens with zero attached hydrogens (tertiary/aromatic N) is 4. The first-order chi connectivity index (χ1) is 11.3. The van der Waals surface area contributed by atoms with Gasteiger partial charge in [0, 0.05) is 12.7 Å². The van der Waals surface area contributed by atoms with Crippen molar-refractivity contribution >= 4 is 28.0 Å². The molecule has 3 rings (SSSR count). The summed E-state index contributed by atoms with van der Waals surface area (Å²) in [6, 6.07) is -0.0558. The Bertz CT molecular complexity index is 823. The molecule has 2 aliphatic heterocycles. The van der Waals surface area contributed by atoms with Gasteiger partial charge in [0.2, 0.25) is 10.4 Å². The number of fused-ring (bicyclic) bond motifs is 2. The number of carbonyl (C=O) groups excluding carboxylic acids is 2. The van der Waals surface area contributed by atoms with Crippen LogP contribution in [-0.2, 0) is 19.5 Å². The van der Waals surface area contributed by atoms with E-state index in [1.54, 1.807) is 0 Å². The fourth-order valence-corrected chi connectivity index (χ4v) is 2.84. The van der Waals surface area contributed by atoms with Crippen LogP contribution >= 0.6 is 0 Å². The first-order valence-corrected chi connectivity index (χ1v) is 7.95. The van der Waals surface area contributed by atoms with Gasteiger partial charge in [-0.3, -0.25) is 9.63 Å². The molecular formula is C11H12N5NaO7S. The van der Waals surface area contributed by atoms with Gasteiger partial charge in [-0.05, 0) is 12.1 Å². The largest absolute Gasteiger partial charge is 1.00 e. The second kappa shape index (κ2) is 7.41. The van der Waals surface area contributed by atoms with Gasteiger partial charge in [-0.1, -0.05) is 0 Å². The molecule has 0 aliphatic carbocycles. The Morgan fingerprint density at radius 2 is 2.20 bits per heavy atom. The standard InChI is InChI=1S/C11H13N5O7S.Na/c1-22-13-10(17)9-2-3-15(12-9)7-4-8-6-14(5-7)11(18)16(8)23-24(19,20)21;/h2-4,8H,5-6H2,1H3,(H,13,17)(H,19,20,21);/q;+1/p-1. The van der Waals surface area contributed by atoms with Gasteiger partial charge in [0.15, 0.2) is 5.69 Å². The molecule has 1 N–H and O–H groups in total. The number of carbonyl (C=O) groups is 2. The minimum Gasteiger partial charge on any atom is -0.724 e. The minimum atomic E-state index is -5.06. The van der Waals surface area contributed by atoms with Gasteiger partial charge in [0.1, 0.15) is 6.04 Å². The van der Waals surface area contributed by atoms with E-state index in [-0.39, 0.29) is 48.3 Å². The fraction of sp³-hybridized carbons (Fsp3) is 0.364. The molecular weight excluding hydrogens is 369 g/mol. The molecule has 2 bridgehead atoms. The third-order valence-corrected chi connectivity index (χ3v) is 3.73. The summed E-state index contributed by atoms with van der Waals surface area (Å²) in [4.78, 5) is 29.4. The normalized spacial score (nSPS) is 19.5. The van der Waals surface area contributed by atoms with Gasteiger partial charge in [-0.2, -0.15) is 14.4 Å². The van der Waals surface area contributed by atoms with E-state index in [4.69, 9.17) is 0 Å². The smallest absolute Gasteiger partial charge is 0.724 e. The Hall–Kier alpha value is -1.48. The van der Waals surface area contributed by atoms with Crippen molar-refractivity contribution in [3.63, 3.8) is 0 Å². The van der Waals surface area contributed by atoms with Gasteiger partial charge >= 0.3 is 35.6 Å². The topological polar surface area (TPSA) is 146 Å². The average Bonchev–Trinajstić information content (AvgIpc) is 3.07. The molecule has 14 heteroatoms. The number of rotatable bonds is 5. The molecule has 1 atom stereocenters. The molecule has 2 aliphatic rings. The molecule has 25 heavy (non-hydrogen) atoms. The van der Waals surface area contributed by atoms with Crippen LogP contribution in [0.15, 0.2) is 18.3 Å². The fourth-order valence-electron chi connectivity index (χ4n) is 2.47. The molecule has 1 fully saturated rings. The zero-order valence-corrected chi connectivity index (χ0v) is 16.1. The number of amides is 3. The number of aromatic nitrogens is 2. The van der Waals surface area contributed by atoms with Gasteiger partial charge in [0.05, 0.1) is 19.4 Å². The van der Waals surface area contributed by atoms with Crippen LogP contribution in [0.5, 0.6) is 0 Å². The Morgan fingerprint density at radius 1 is 1.48 bits per heavy atom. The van der Waals surface area contributed by atoms with Crippen LogP contribution in [-0.4, -0.2) is 70.9 Å². The Morgan fingerprint density at radius 3 is 2.84 bits per heavy atom. The molecule has 0 spiro atoms. The van der Waals surface area contributed by atoms with E-state index in [2.05, 4.69) is 19.7 Å². The Labute approximate surface area is 164 Å². The van der Waals surface area contributed by atoms with E-state index in [0.717, 1.165) is 0 Å². The van der Waals surface area contributed by atoms with E-state index >= 15 is 0 Å². The maximum absolute atomic E-state index is 12.0. The van der Waals surface area contributed by atoms with Crippen molar-refractivity contribution in [1.82, 2.24) is 25.2 Å². The Kier molecular flexibility index (Phi) is 5.88. The van der Waals surface area contributed by atoms with Crippen LogP contribution in [0.3, 0.4) is 0 Å². The third-order valence-electron chi connectivity index (χ3n) is 3.39. The van der Waals surface area contributed by atoms with Gasteiger partial charge in [0.25, 0.3) is 5.91 Å². The van der Waals surface area contributed by atoms with Crippen LogP contribution in [0.25, 0.3) is 5.70 Å². The maximum Gasteiger partial charge on any atom is 1.00 e. The minimum absolute atomic E-state index is 0. The molecule has 12 nitrogen and oxygen atoms in total. The van der Waals surface area contributed by atoms with Gasteiger partial charge < -0.3 is 9.45 Å². The van der Waals surface area contributed by atoms with Crippen LogP contribution in [0, 0.1) is 0 Å². The molecule has 1 aromatic rings. The Balaban J connectivity index is 0.00000225. The van der Waals surface area contributed by atoms with Crippen molar-refractivity contribution in [1.29, 1.82) is 0 Å². The van der Waals surface area contributed by atoms with Gasteiger partial charge in [-0.25, -0.2) is 23.4 Å². The van der Waals surface area contributed by atoms with Crippen molar-refractivity contribution < 1.29 is 61.2 Å². The van der Waals surface area contributed by atoms with E-state index < -0.39 is 28.4 Å². The van der Waals surface area contributed by atoms with Crippen molar-refractivity contribution in [2.75, 3.05) is 20.2 Å². The predicted molar refractivity (Wildman–Crippen MR) is 74.4 cm³/mol. The number of hydroxylamine groups is 3. The first kappa shape index (κ1) is 19.8. The summed E-state index contributed by atoms with van der Waals surface area (Å²) < 4.78 is 37.7. The summed E-state index contributed by atoms with van der Waals surface area (Å²) in [5, 5.41) is 4.56. The molecule has 1 unspecified atom stereocenters. The van der Waals surface area contributed by atoms with Crippen LogP contribution in [0.1, 0.15) is 10.5 Å². The number of urea groups is 1. The van der Waals surface area contributed by atoms with Crippen molar-refractivity contribution in [2.24, 2.45) is 0 Å². The third kappa shape index (κ3) is 4.20. The van der Waals surface area contributed by atoms with Crippen LogP contribution in [0.4, 0.5) is 4.79 Å². The molecule has 1 saturated heterocycles. The summed E-state index contributed by atoms with van der Waals surface area (Å²) >= 11 is 0. The van der Waals surface area contributed by atoms with Crippen molar-refractivity contribution in [3.8, 4) is 0 Å². The first-order valence-electron chi connectivity index (χ1n) is 6.62. The summed E-state index contributed by atoms with van der Waals surface area (Å²) in [5.41, 5.74) is 2.73. The van der Waals surface area contributed by atoms with E-state index in [9.17, 15) is 22.6 Å². The molecule has 0 radical (unpaired) electrons. The predicted octanol–water partition coefficient (Wildman–Crippen LogP) is -4.47. The molecule has 3 heterocycles. The average molecular weight is 381 g/mol. The molecule has 0 saturated carbocycles. The van der Waals surface area contributed by atoms with E-state index in [0.29, 0.717) is 10.8 Å². The van der Waals surface area contributed by atoms with Gasteiger partial charge in [-0.15, -0.1) is 0 Å². The zero-order valence-electron chi connectivity index (χ0n) is 13.3. The second-order valence-corrected chi connectivity index (χ2v) is 5.94. The molecule has 1 aromatic heterocycles. The van der Waals surface area contributed by atoms with Crippen molar-refractivity contribution in [2.45, 2.75) is 6.04 Å². The summed E-state index contributed by atoms with van der Waals surface area (Å²) in [5.74, 6) is -0.547. The zero-order chi connectivity index (χ0) is 17.5. The number of hydrogen-bond donors (Lipinski definition) is 1.